The van der Waals surface area contributed by atoms with Gasteiger partial charge in [-0.25, -0.2) is 0 Å². The standard InChI is InChI=1S/C18H11BrClF3N2O/c19-13-7-4-11(5-8-13)10-16-25-24-15(26-16)9-6-12-2-1-3-14(17(12)20)18(21,22)23/h1-9H,10H2. The van der Waals surface area contributed by atoms with Crippen molar-refractivity contribution in [3.63, 3.8) is 0 Å². The maximum atomic E-state index is 12.9. The molecular weight excluding hydrogens is 433 g/mol. The van der Waals surface area contributed by atoms with Gasteiger partial charge in [0.1, 0.15) is 0 Å². The van der Waals surface area contributed by atoms with E-state index in [0.29, 0.717) is 12.3 Å². The Labute approximate surface area is 160 Å². The first kappa shape index (κ1) is 18.7. The molecule has 0 radical (unpaired) electrons. The van der Waals surface area contributed by atoms with Crippen molar-refractivity contribution in [2.24, 2.45) is 0 Å². The first-order valence-electron chi connectivity index (χ1n) is 7.43. The van der Waals surface area contributed by atoms with Crippen molar-refractivity contribution >= 4 is 39.7 Å². The van der Waals surface area contributed by atoms with E-state index in [4.69, 9.17) is 16.0 Å². The van der Waals surface area contributed by atoms with Crippen molar-refractivity contribution in [3.05, 3.63) is 80.4 Å². The minimum absolute atomic E-state index is 0.186. The molecule has 0 bridgehead atoms. The molecular formula is C18H11BrClF3N2O. The van der Waals surface area contributed by atoms with Crippen LogP contribution in [0.15, 0.2) is 51.4 Å². The molecule has 0 aliphatic heterocycles. The van der Waals surface area contributed by atoms with Crippen molar-refractivity contribution in [1.29, 1.82) is 0 Å². The van der Waals surface area contributed by atoms with E-state index in [0.717, 1.165) is 16.1 Å². The van der Waals surface area contributed by atoms with E-state index in [1.807, 2.05) is 24.3 Å². The number of halogens is 5. The second kappa shape index (κ2) is 7.63. The van der Waals surface area contributed by atoms with Crippen molar-refractivity contribution in [1.82, 2.24) is 10.2 Å². The highest BCUT2D eigenvalue weighted by Gasteiger charge is 2.33. The van der Waals surface area contributed by atoms with E-state index in [-0.39, 0.29) is 16.5 Å². The number of nitrogens with zero attached hydrogens (tertiary/aromatic N) is 2. The van der Waals surface area contributed by atoms with E-state index in [1.54, 1.807) is 0 Å². The van der Waals surface area contributed by atoms with E-state index in [2.05, 4.69) is 26.1 Å². The summed E-state index contributed by atoms with van der Waals surface area (Å²) in [5, 5.41) is 7.43. The highest BCUT2D eigenvalue weighted by atomic mass is 79.9. The second-order valence-corrected chi connectivity index (χ2v) is 6.67. The normalized spacial score (nSPS) is 12.0. The van der Waals surface area contributed by atoms with Gasteiger partial charge in [-0.1, -0.05) is 51.8 Å². The highest BCUT2D eigenvalue weighted by molar-refractivity contribution is 9.10. The Morgan fingerprint density at radius 3 is 2.46 bits per heavy atom. The molecule has 0 aliphatic rings. The first-order valence-corrected chi connectivity index (χ1v) is 8.60. The van der Waals surface area contributed by atoms with Crippen LogP contribution >= 0.6 is 27.5 Å². The molecule has 3 aromatic rings. The van der Waals surface area contributed by atoms with Crippen molar-refractivity contribution in [2.75, 3.05) is 0 Å². The van der Waals surface area contributed by atoms with Crippen LogP contribution in [0.5, 0.6) is 0 Å². The summed E-state index contributed by atoms with van der Waals surface area (Å²) in [6.45, 7) is 0. The fraction of sp³-hybridized carbons (Fsp3) is 0.111. The van der Waals surface area contributed by atoms with Gasteiger partial charge in [-0.15, -0.1) is 10.2 Å². The van der Waals surface area contributed by atoms with Crippen LogP contribution in [0, 0.1) is 0 Å². The van der Waals surface area contributed by atoms with E-state index < -0.39 is 11.7 Å². The van der Waals surface area contributed by atoms with Crippen molar-refractivity contribution < 1.29 is 17.6 Å². The van der Waals surface area contributed by atoms with Gasteiger partial charge >= 0.3 is 6.18 Å². The van der Waals surface area contributed by atoms with E-state index in [1.165, 1.54) is 24.3 Å². The van der Waals surface area contributed by atoms with Crippen LogP contribution in [0.3, 0.4) is 0 Å². The van der Waals surface area contributed by atoms with Gasteiger partial charge in [0.05, 0.1) is 17.0 Å². The summed E-state index contributed by atoms with van der Waals surface area (Å²) in [5.41, 5.74) is 0.324. The van der Waals surface area contributed by atoms with Gasteiger partial charge in [-0.2, -0.15) is 13.2 Å². The lowest BCUT2D eigenvalue weighted by Crippen LogP contribution is -2.06. The largest absolute Gasteiger partial charge is 0.421 e. The van der Waals surface area contributed by atoms with Gasteiger partial charge < -0.3 is 4.42 Å². The zero-order valence-corrected chi connectivity index (χ0v) is 15.4. The summed E-state index contributed by atoms with van der Waals surface area (Å²) in [4.78, 5) is 0. The third-order valence-electron chi connectivity index (χ3n) is 3.49. The Balaban J connectivity index is 1.76. The van der Waals surface area contributed by atoms with Gasteiger partial charge in [0.2, 0.25) is 11.8 Å². The zero-order chi connectivity index (χ0) is 18.7. The average molecular weight is 444 g/mol. The van der Waals surface area contributed by atoms with Crippen LogP contribution in [0.2, 0.25) is 5.02 Å². The minimum Gasteiger partial charge on any atom is -0.421 e. The van der Waals surface area contributed by atoms with Crippen molar-refractivity contribution in [3.8, 4) is 0 Å². The van der Waals surface area contributed by atoms with E-state index in [9.17, 15) is 13.2 Å². The molecule has 2 aromatic carbocycles. The maximum Gasteiger partial charge on any atom is 0.417 e. The summed E-state index contributed by atoms with van der Waals surface area (Å²) in [6, 6.07) is 11.4. The first-order chi connectivity index (χ1) is 12.3. The van der Waals surface area contributed by atoms with E-state index >= 15 is 0 Å². The van der Waals surface area contributed by atoms with Crippen LogP contribution in [0.25, 0.3) is 12.2 Å². The third kappa shape index (κ3) is 4.53. The molecule has 0 N–H and O–H groups in total. The monoisotopic (exact) mass is 442 g/mol. The molecule has 3 rings (SSSR count). The van der Waals surface area contributed by atoms with Gasteiger partial charge in [0.15, 0.2) is 0 Å². The van der Waals surface area contributed by atoms with Crippen LogP contribution in [0.4, 0.5) is 13.2 Å². The SMILES string of the molecule is FC(F)(F)c1cccc(C=Cc2nnc(Cc3ccc(Br)cc3)o2)c1Cl. The van der Waals surface area contributed by atoms with Gasteiger partial charge in [0, 0.05) is 10.5 Å². The fourth-order valence-electron chi connectivity index (χ4n) is 2.24. The molecule has 134 valence electrons. The van der Waals surface area contributed by atoms with Crippen LogP contribution in [0.1, 0.15) is 28.5 Å². The Morgan fingerprint density at radius 1 is 1.04 bits per heavy atom. The molecule has 0 saturated heterocycles. The fourth-order valence-corrected chi connectivity index (χ4v) is 2.80. The number of hydrogen-bond donors (Lipinski definition) is 0. The summed E-state index contributed by atoms with van der Waals surface area (Å²) in [7, 11) is 0. The molecule has 0 saturated carbocycles. The Kier molecular flexibility index (Phi) is 5.48. The van der Waals surface area contributed by atoms with Crippen molar-refractivity contribution in [2.45, 2.75) is 12.6 Å². The summed E-state index contributed by atoms with van der Waals surface area (Å²) in [5.74, 6) is 0.590. The predicted molar refractivity (Wildman–Crippen MR) is 96.6 cm³/mol. The number of rotatable bonds is 4. The maximum absolute atomic E-state index is 12.9. The molecule has 1 heterocycles. The molecule has 1 aromatic heterocycles. The van der Waals surface area contributed by atoms with Gasteiger partial charge in [-0.05, 0) is 35.4 Å². The van der Waals surface area contributed by atoms with Gasteiger partial charge in [-0.3, -0.25) is 0 Å². The summed E-state index contributed by atoms with van der Waals surface area (Å²) >= 11 is 9.20. The highest BCUT2D eigenvalue weighted by Crippen LogP contribution is 2.36. The molecule has 26 heavy (non-hydrogen) atoms. The van der Waals surface area contributed by atoms with Crippen LogP contribution < -0.4 is 0 Å². The molecule has 0 amide bonds. The molecule has 0 spiro atoms. The second-order valence-electron chi connectivity index (χ2n) is 5.38. The molecule has 0 unspecified atom stereocenters. The minimum atomic E-state index is -4.51. The lowest BCUT2D eigenvalue weighted by Gasteiger charge is -2.10. The molecule has 0 aliphatic carbocycles. The Bertz CT molecular complexity index is 936. The number of alkyl halides is 3. The Morgan fingerprint density at radius 2 is 1.77 bits per heavy atom. The number of aromatic nitrogens is 2. The molecule has 0 fully saturated rings. The lowest BCUT2D eigenvalue weighted by atomic mass is 10.1. The number of hydrogen-bond acceptors (Lipinski definition) is 3. The molecule has 8 heteroatoms. The average Bonchev–Trinajstić information content (AvgIpc) is 3.02. The smallest absolute Gasteiger partial charge is 0.417 e. The Hall–Kier alpha value is -2.12. The van der Waals surface area contributed by atoms with Crippen LogP contribution in [-0.2, 0) is 12.6 Å². The molecule has 0 atom stereocenters. The summed E-state index contributed by atoms with van der Waals surface area (Å²) < 4.78 is 45.1. The number of benzene rings is 2. The third-order valence-corrected chi connectivity index (χ3v) is 4.44. The lowest BCUT2D eigenvalue weighted by molar-refractivity contribution is -0.137. The quantitative estimate of drug-likeness (QED) is 0.477. The zero-order valence-electron chi connectivity index (χ0n) is 13.1. The summed E-state index contributed by atoms with van der Waals surface area (Å²) in [6.07, 6.45) is -1.21. The predicted octanol–water partition coefficient (Wildman–Crippen LogP) is 6.27. The van der Waals surface area contributed by atoms with Gasteiger partial charge in [0.25, 0.3) is 0 Å². The topological polar surface area (TPSA) is 38.9 Å². The van der Waals surface area contributed by atoms with Crippen LogP contribution in [-0.4, -0.2) is 10.2 Å². The molecule has 3 nitrogen and oxygen atoms in total.